The summed E-state index contributed by atoms with van der Waals surface area (Å²) in [6, 6.07) is 7.53. The number of anilines is 1. The molecule has 1 aromatic heterocycles. The van der Waals surface area contributed by atoms with Crippen LogP contribution in [0.25, 0.3) is 0 Å². The fourth-order valence-corrected chi connectivity index (χ4v) is 2.96. The fraction of sp³-hybridized carbons (Fsp3) is 0.250. The smallest absolute Gasteiger partial charge is 0.141 e. The van der Waals surface area contributed by atoms with Gasteiger partial charge in [0.05, 0.1) is 25.5 Å². The number of ether oxygens (including phenoxy) is 2. The molecule has 23 heavy (non-hydrogen) atoms. The normalized spacial score (nSPS) is 13.0. The zero-order chi connectivity index (χ0) is 16.4. The van der Waals surface area contributed by atoms with Crippen molar-refractivity contribution in [2.24, 2.45) is 4.99 Å². The van der Waals surface area contributed by atoms with Crippen LogP contribution >= 0.6 is 23.2 Å². The Morgan fingerprint density at radius 2 is 2.00 bits per heavy atom. The predicted octanol–water partition coefficient (Wildman–Crippen LogP) is 3.80. The number of hydrogen-bond acceptors (Lipinski definition) is 5. The average molecular weight is 352 g/mol. The summed E-state index contributed by atoms with van der Waals surface area (Å²) in [5, 5.41) is 0.707. The summed E-state index contributed by atoms with van der Waals surface area (Å²) in [4.78, 5) is 10.5. The highest BCUT2D eigenvalue weighted by atomic mass is 35.5. The van der Waals surface area contributed by atoms with Gasteiger partial charge in [0, 0.05) is 24.4 Å². The lowest BCUT2D eigenvalue weighted by Crippen LogP contribution is -2.27. The summed E-state index contributed by atoms with van der Waals surface area (Å²) in [5.74, 6) is 1.50. The van der Waals surface area contributed by atoms with E-state index in [1.807, 2.05) is 18.2 Å². The number of methoxy groups -OCH3 is 2. The van der Waals surface area contributed by atoms with Crippen LogP contribution in [-0.4, -0.2) is 32.1 Å². The van der Waals surface area contributed by atoms with Crippen LogP contribution in [0, 0.1) is 0 Å². The number of aromatic nitrogens is 1. The van der Waals surface area contributed by atoms with E-state index in [2.05, 4.69) is 14.9 Å². The molecule has 0 fully saturated rings. The topological polar surface area (TPSA) is 47.0 Å². The highest BCUT2D eigenvalue weighted by Gasteiger charge is 2.20. The zero-order valence-corrected chi connectivity index (χ0v) is 14.2. The summed E-state index contributed by atoms with van der Waals surface area (Å²) in [6.07, 6.45) is 1.72. The molecule has 3 rings (SSSR count). The van der Waals surface area contributed by atoms with Gasteiger partial charge in [-0.3, -0.25) is 4.99 Å². The number of rotatable bonds is 4. The second-order valence-corrected chi connectivity index (χ2v) is 5.74. The van der Waals surface area contributed by atoms with E-state index in [0.717, 1.165) is 28.3 Å². The maximum Gasteiger partial charge on any atom is 0.141 e. The van der Waals surface area contributed by atoms with Gasteiger partial charge in [0.15, 0.2) is 0 Å². The Morgan fingerprint density at radius 3 is 2.74 bits per heavy atom. The van der Waals surface area contributed by atoms with Gasteiger partial charge < -0.3 is 14.4 Å². The highest BCUT2D eigenvalue weighted by molar-refractivity contribution is 6.35. The minimum absolute atomic E-state index is 0.350. The van der Waals surface area contributed by atoms with Crippen LogP contribution in [0.5, 0.6) is 11.5 Å². The zero-order valence-electron chi connectivity index (χ0n) is 12.7. The van der Waals surface area contributed by atoms with Crippen molar-refractivity contribution in [1.29, 1.82) is 0 Å². The van der Waals surface area contributed by atoms with Crippen LogP contribution < -0.4 is 14.4 Å². The molecule has 0 spiro atoms. The highest BCUT2D eigenvalue weighted by Crippen LogP contribution is 2.33. The first-order chi connectivity index (χ1) is 11.1. The van der Waals surface area contributed by atoms with Gasteiger partial charge in [0.2, 0.25) is 0 Å². The van der Waals surface area contributed by atoms with E-state index in [-0.39, 0.29) is 0 Å². The lowest BCUT2D eigenvalue weighted by Gasteiger charge is -2.28. The summed E-state index contributed by atoms with van der Waals surface area (Å²) in [5.41, 5.74) is 2.69. The van der Waals surface area contributed by atoms with E-state index < -0.39 is 0 Å². The third kappa shape index (κ3) is 3.21. The minimum Gasteiger partial charge on any atom is -0.497 e. The van der Waals surface area contributed by atoms with Crippen molar-refractivity contribution >= 4 is 35.1 Å². The molecule has 0 amide bonds. The van der Waals surface area contributed by atoms with Crippen LogP contribution in [-0.2, 0) is 6.54 Å². The number of fused-ring (bicyclic) bond motifs is 1. The maximum atomic E-state index is 6.16. The van der Waals surface area contributed by atoms with Crippen LogP contribution in [0.4, 0.5) is 5.69 Å². The Morgan fingerprint density at radius 1 is 1.17 bits per heavy atom. The third-order valence-corrected chi connectivity index (χ3v) is 4.11. The van der Waals surface area contributed by atoms with E-state index in [0.29, 0.717) is 23.5 Å². The number of hydrogen-bond donors (Lipinski definition) is 0. The number of aliphatic imine (C=N–C) groups is 1. The SMILES string of the molecule is COc1ccc(CN2CN=Cc3c2cc(Cl)nc3Cl)c(OC)c1. The van der Waals surface area contributed by atoms with Gasteiger partial charge in [-0.05, 0) is 18.2 Å². The van der Waals surface area contributed by atoms with E-state index in [4.69, 9.17) is 32.7 Å². The van der Waals surface area contributed by atoms with Crippen LogP contribution in [0.2, 0.25) is 10.3 Å². The summed E-state index contributed by atoms with van der Waals surface area (Å²) in [6.45, 7) is 1.12. The molecule has 0 bridgehead atoms. The number of nitrogens with zero attached hydrogens (tertiary/aromatic N) is 3. The van der Waals surface area contributed by atoms with Crippen molar-refractivity contribution in [2.75, 3.05) is 25.8 Å². The molecule has 0 saturated heterocycles. The lowest BCUT2D eigenvalue weighted by molar-refractivity contribution is 0.390. The lowest BCUT2D eigenvalue weighted by atomic mass is 10.1. The monoisotopic (exact) mass is 351 g/mol. The number of halogens is 2. The van der Waals surface area contributed by atoms with E-state index in [9.17, 15) is 0 Å². The van der Waals surface area contributed by atoms with Crippen molar-refractivity contribution in [1.82, 2.24) is 4.98 Å². The predicted molar refractivity (Wildman–Crippen MR) is 92.4 cm³/mol. The molecule has 0 unspecified atom stereocenters. The van der Waals surface area contributed by atoms with Crippen molar-refractivity contribution in [2.45, 2.75) is 6.54 Å². The van der Waals surface area contributed by atoms with E-state index in [1.165, 1.54) is 0 Å². The molecule has 2 heterocycles. The molecule has 1 aromatic carbocycles. The Kier molecular flexibility index (Phi) is 4.59. The molecule has 5 nitrogen and oxygen atoms in total. The molecule has 0 radical (unpaired) electrons. The molecule has 0 atom stereocenters. The van der Waals surface area contributed by atoms with Crippen LogP contribution in [0.1, 0.15) is 11.1 Å². The molecule has 2 aromatic rings. The van der Waals surface area contributed by atoms with E-state index in [1.54, 1.807) is 26.5 Å². The fourth-order valence-electron chi connectivity index (χ4n) is 2.49. The molecule has 7 heteroatoms. The Labute approximate surface area is 144 Å². The summed E-state index contributed by atoms with van der Waals surface area (Å²) >= 11 is 12.2. The first-order valence-electron chi connectivity index (χ1n) is 6.94. The van der Waals surface area contributed by atoms with Gasteiger partial charge in [0.1, 0.15) is 28.5 Å². The van der Waals surface area contributed by atoms with Crippen molar-refractivity contribution in [3.63, 3.8) is 0 Å². The Balaban J connectivity index is 1.95. The minimum atomic E-state index is 0.350. The summed E-state index contributed by atoms with van der Waals surface area (Å²) in [7, 11) is 3.26. The van der Waals surface area contributed by atoms with Gasteiger partial charge in [-0.1, -0.05) is 23.2 Å². The molecule has 0 aliphatic carbocycles. The van der Waals surface area contributed by atoms with Crippen molar-refractivity contribution < 1.29 is 9.47 Å². The van der Waals surface area contributed by atoms with E-state index >= 15 is 0 Å². The summed E-state index contributed by atoms with van der Waals surface area (Å²) < 4.78 is 10.7. The van der Waals surface area contributed by atoms with Gasteiger partial charge in [-0.25, -0.2) is 4.98 Å². The largest absolute Gasteiger partial charge is 0.497 e. The van der Waals surface area contributed by atoms with Gasteiger partial charge in [-0.2, -0.15) is 0 Å². The molecule has 0 N–H and O–H groups in total. The number of pyridine rings is 1. The third-order valence-electron chi connectivity index (χ3n) is 3.63. The van der Waals surface area contributed by atoms with Crippen LogP contribution in [0.15, 0.2) is 29.3 Å². The molecule has 1 aliphatic rings. The molecular formula is C16H15Cl2N3O2. The Hall–Kier alpha value is -1.98. The molecular weight excluding hydrogens is 337 g/mol. The van der Waals surface area contributed by atoms with Crippen molar-refractivity contribution in [3.05, 3.63) is 45.7 Å². The van der Waals surface area contributed by atoms with Crippen LogP contribution in [0.3, 0.4) is 0 Å². The maximum absolute atomic E-state index is 6.16. The first kappa shape index (κ1) is 15.9. The van der Waals surface area contributed by atoms with Gasteiger partial charge in [0.25, 0.3) is 0 Å². The molecule has 0 saturated carbocycles. The first-order valence-corrected chi connectivity index (χ1v) is 7.69. The molecule has 1 aliphatic heterocycles. The quantitative estimate of drug-likeness (QED) is 0.786. The van der Waals surface area contributed by atoms with Gasteiger partial charge >= 0.3 is 0 Å². The average Bonchev–Trinajstić information content (AvgIpc) is 2.56. The second kappa shape index (κ2) is 6.64. The molecule has 120 valence electrons. The standard InChI is InChI=1S/C16H15Cl2N3O2/c1-22-11-4-3-10(14(5-11)23-2)8-21-9-19-7-12-13(21)6-15(17)20-16(12)18/h3-7H,8-9H2,1-2H3. The van der Waals surface area contributed by atoms with Gasteiger partial charge in [-0.15, -0.1) is 0 Å². The van der Waals surface area contributed by atoms with Crippen molar-refractivity contribution in [3.8, 4) is 11.5 Å². The second-order valence-electron chi connectivity index (χ2n) is 5.00. The number of benzene rings is 1. The Bertz CT molecular complexity index is 765.